The van der Waals surface area contributed by atoms with Gasteiger partial charge in [0.25, 0.3) is 20.0 Å². The molecule has 0 radical (unpaired) electrons. The Morgan fingerprint density at radius 3 is 0.901 bits per heavy atom. The monoisotopic (exact) mass is 1750 g/mol. The molecular formula is C96H76Cl5N11O6S3. The summed E-state index contributed by atoms with van der Waals surface area (Å²) < 4.78 is 78.7. The maximum absolute atomic E-state index is 13.0. The number of fused-ring (bicyclic) bond motifs is 8. The van der Waals surface area contributed by atoms with Crippen LogP contribution < -0.4 is 14.6 Å². The van der Waals surface area contributed by atoms with Gasteiger partial charge in [0.05, 0.1) is 81.6 Å². The molecule has 4 N–H and O–H groups in total. The number of sulfonamides is 3. The van der Waals surface area contributed by atoms with Crippen LogP contribution in [0.1, 0.15) is 59.9 Å². The number of rotatable bonds is 15. The van der Waals surface area contributed by atoms with Crippen LogP contribution in [0.5, 0.6) is 0 Å². The van der Waals surface area contributed by atoms with Gasteiger partial charge in [-0.2, -0.15) is 0 Å². The molecule has 4 heterocycles. The number of hydrogen-bond donors (Lipinski definition) is 3. The molecule has 15 aromatic carbocycles. The van der Waals surface area contributed by atoms with Crippen molar-refractivity contribution in [3.8, 4) is 0 Å². The number of nitrogens with one attached hydrogen (secondary N) is 2. The predicted molar refractivity (Wildman–Crippen MR) is 496 cm³/mol. The minimum absolute atomic E-state index is 0. The average molecular weight is 1750 g/mol. The quantitative estimate of drug-likeness (QED) is 0.0863. The molecule has 0 fully saturated rings. The largest absolute Gasteiger partial charge is 0.263 e. The first-order valence-corrected chi connectivity index (χ1v) is 43.6. The third-order valence-corrected chi connectivity index (χ3v) is 24.2. The summed E-state index contributed by atoms with van der Waals surface area (Å²) in [6.07, 6.45) is 2.22. The Morgan fingerprint density at radius 2 is 0.529 bits per heavy atom. The highest BCUT2D eigenvalue weighted by molar-refractivity contribution is 7.93. The lowest BCUT2D eigenvalue weighted by atomic mass is 10.0. The van der Waals surface area contributed by atoms with Gasteiger partial charge in [-0.3, -0.25) is 9.44 Å². The van der Waals surface area contributed by atoms with Gasteiger partial charge < -0.3 is 0 Å². The van der Waals surface area contributed by atoms with Crippen molar-refractivity contribution in [1.82, 2.24) is 39.9 Å². The normalized spacial score (nSPS) is 11.3. The van der Waals surface area contributed by atoms with Gasteiger partial charge in [0.2, 0.25) is 10.0 Å². The van der Waals surface area contributed by atoms with Crippen molar-refractivity contribution >= 4 is 187 Å². The Hall–Kier alpha value is -12.4. The van der Waals surface area contributed by atoms with Gasteiger partial charge in [-0.1, -0.05) is 291 Å². The van der Waals surface area contributed by atoms with Crippen LogP contribution in [-0.2, 0) is 55.8 Å². The Labute approximate surface area is 726 Å². The number of nitrogens with zero attached hydrogens (tertiary/aromatic N) is 8. The maximum atomic E-state index is 13.0. The fourth-order valence-electron chi connectivity index (χ4n) is 13.3. The minimum atomic E-state index is -3.87. The molecule has 17 nitrogen and oxygen atoms in total. The summed E-state index contributed by atoms with van der Waals surface area (Å²) in [4.78, 5) is 37.2. The van der Waals surface area contributed by atoms with Crippen molar-refractivity contribution in [1.29, 1.82) is 0 Å². The van der Waals surface area contributed by atoms with E-state index >= 15 is 0 Å². The second-order valence-electron chi connectivity index (χ2n) is 27.4. The second-order valence-corrected chi connectivity index (χ2v) is 34.3. The Morgan fingerprint density at radius 1 is 0.256 bits per heavy atom. The molecule has 19 aromatic rings. The molecule has 0 aliphatic heterocycles. The van der Waals surface area contributed by atoms with E-state index in [4.69, 9.17) is 73.1 Å². The van der Waals surface area contributed by atoms with Gasteiger partial charge in [-0.05, 0) is 187 Å². The standard InChI is InChI=1S/2C25H18ClN3O2S.2C19H13ClN2.C6H6ClNO2S.2CH4/c26-19-12-14-20(15-13-19)32(30,31)29-25-24(27-22-10-3-4-11-23(22)28-25)16-18-8-5-7-17-6-1-2-9-21(17)18;26-20-11-13-21(14-12-20)32(30,31)29-25-24(27-22-7-3-4-8-23(22)28-25)16-17-9-10-18-5-1-2-6-19(18)15-17;20-19-18(21-16-10-3-4-11-17(16)22-19)12-14-8-5-7-13-6-1-2-9-15(13)14;20-19-18(21-16-7-3-4-8-17(16)22-19)12-13-9-10-14-5-1-2-6-15(14)11-13;7-5-1-3-6(4-2-5)11(8,9)10;;/h2*1-15H,16H2,(H,28,29);2*1-11H,12H2;1-4H,(H2,8,9,10);2*1H4. The molecule has 0 aliphatic rings. The Bertz CT molecular complexity index is 7340. The summed E-state index contributed by atoms with van der Waals surface area (Å²) in [6.45, 7) is 0. The molecule has 0 saturated heterocycles. The number of hydrogen-bond acceptors (Lipinski definition) is 14. The molecule has 4 aromatic heterocycles. The fourth-order valence-corrected chi connectivity index (χ4v) is 16.7. The van der Waals surface area contributed by atoms with Crippen molar-refractivity contribution < 1.29 is 25.3 Å². The number of halogens is 5. The van der Waals surface area contributed by atoms with Crippen LogP contribution in [0.25, 0.3) is 87.2 Å². The summed E-state index contributed by atoms with van der Waals surface area (Å²) in [5.74, 6) is 0.429. The lowest BCUT2D eigenvalue weighted by Crippen LogP contribution is -2.16. The molecule has 0 unspecified atom stereocenters. The number of aromatic nitrogens is 8. The first-order chi connectivity index (χ1) is 57.6. The SMILES string of the molecule is C.C.Clc1nc2ccccc2nc1Cc1ccc2ccccc2c1.Clc1nc2ccccc2nc1Cc1cccc2ccccc12.NS(=O)(=O)c1ccc(Cl)cc1.O=S(=O)(Nc1nc2ccccc2nc1Cc1ccc2ccccc2c1)c1ccc(Cl)cc1.O=S(=O)(Nc1nc2ccccc2nc1Cc1cccc2ccccc12)c1ccc(Cl)cc1. The van der Waals surface area contributed by atoms with Gasteiger partial charge in [-0.25, -0.2) is 70.3 Å². The van der Waals surface area contributed by atoms with E-state index < -0.39 is 30.1 Å². The van der Waals surface area contributed by atoms with Gasteiger partial charge in [0.1, 0.15) is 0 Å². The first-order valence-electron chi connectivity index (χ1n) is 37.2. The summed E-state index contributed by atoms with van der Waals surface area (Å²) >= 11 is 30.0. The number of benzene rings is 15. The second kappa shape index (κ2) is 38.7. The van der Waals surface area contributed by atoms with Crippen molar-refractivity contribution in [3.05, 3.63) is 410 Å². The lowest BCUT2D eigenvalue weighted by Gasteiger charge is -2.14. The molecule has 25 heteroatoms. The summed E-state index contributed by atoms with van der Waals surface area (Å²) in [5, 5.41) is 16.6. The van der Waals surface area contributed by atoms with Crippen LogP contribution >= 0.6 is 58.0 Å². The number of nitrogens with two attached hydrogens (primary N) is 1. The number of primary sulfonamides is 1. The van der Waals surface area contributed by atoms with E-state index in [2.05, 4.69) is 161 Å². The smallest absolute Gasteiger partial charge is 0.262 e. The van der Waals surface area contributed by atoms with Gasteiger partial charge in [-0.15, -0.1) is 0 Å². The molecule has 0 atom stereocenters. The highest BCUT2D eigenvalue weighted by Gasteiger charge is 2.23. The van der Waals surface area contributed by atoms with E-state index in [1.807, 2.05) is 146 Å². The van der Waals surface area contributed by atoms with E-state index in [-0.39, 0.29) is 41.2 Å². The average Bonchev–Trinajstić information content (AvgIpc) is 0.786. The Balaban J connectivity index is 0.000000134. The maximum Gasteiger partial charge on any atom is 0.263 e. The molecule has 0 spiro atoms. The van der Waals surface area contributed by atoms with E-state index in [0.717, 1.165) is 66.1 Å². The topological polar surface area (TPSA) is 256 Å². The van der Waals surface area contributed by atoms with Gasteiger partial charge in [0, 0.05) is 40.8 Å². The lowest BCUT2D eigenvalue weighted by molar-refractivity contribution is 0.596. The predicted octanol–water partition coefficient (Wildman–Crippen LogP) is 24.0. The van der Waals surface area contributed by atoms with E-state index in [9.17, 15) is 25.3 Å². The zero-order valence-corrected chi connectivity index (χ0v) is 69.1. The third kappa shape index (κ3) is 21.6. The van der Waals surface area contributed by atoms with Crippen molar-refractivity contribution in [2.24, 2.45) is 5.14 Å². The van der Waals surface area contributed by atoms with Crippen molar-refractivity contribution in [3.63, 3.8) is 0 Å². The molecule has 19 rings (SSSR count). The molecule has 604 valence electrons. The van der Waals surface area contributed by atoms with Crippen LogP contribution in [0.3, 0.4) is 0 Å². The number of para-hydroxylation sites is 8. The van der Waals surface area contributed by atoms with Gasteiger partial charge in [0.15, 0.2) is 21.9 Å². The van der Waals surface area contributed by atoms with E-state index in [1.165, 1.54) is 93.3 Å². The van der Waals surface area contributed by atoms with E-state index in [0.29, 0.717) is 84.5 Å². The van der Waals surface area contributed by atoms with Crippen LogP contribution in [0.15, 0.2) is 354 Å². The summed E-state index contributed by atoms with van der Waals surface area (Å²) in [6, 6.07) is 106. The fraction of sp³-hybridized carbons (Fsp3) is 0.0625. The molecule has 0 amide bonds. The van der Waals surface area contributed by atoms with Crippen molar-refractivity contribution in [2.75, 3.05) is 9.44 Å². The summed E-state index contributed by atoms with van der Waals surface area (Å²) in [7, 11) is -11.3. The molecule has 0 bridgehead atoms. The molecular weight excluding hydrogens is 1680 g/mol. The van der Waals surface area contributed by atoms with Crippen LogP contribution in [-0.4, -0.2) is 65.1 Å². The summed E-state index contributed by atoms with van der Waals surface area (Å²) in [5.41, 5.74) is 13.2. The first kappa shape index (κ1) is 86.4. The zero-order chi connectivity index (χ0) is 82.6. The number of anilines is 2. The highest BCUT2D eigenvalue weighted by atomic mass is 35.5. The highest BCUT2D eigenvalue weighted by Crippen LogP contribution is 2.32. The third-order valence-electron chi connectivity index (χ3n) is 19.2. The molecule has 0 aliphatic carbocycles. The minimum Gasteiger partial charge on any atom is -0.262 e. The van der Waals surface area contributed by atoms with Crippen LogP contribution in [0, 0.1) is 0 Å². The van der Waals surface area contributed by atoms with E-state index in [1.54, 1.807) is 12.1 Å². The zero-order valence-electron chi connectivity index (χ0n) is 62.9. The van der Waals surface area contributed by atoms with Crippen molar-refractivity contribution in [2.45, 2.75) is 55.2 Å². The Kier molecular flexibility index (Phi) is 27.7. The van der Waals surface area contributed by atoms with Crippen LogP contribution in [0.2, 0.25) is 25.4 Å². The molecule has 0 saturated carbocycles. The molecule has 121 heavy (non-hydrogen) atoms. The van der Waals surface area contributed by atoms with Gasteiger partial charge >= 0.3 is 0 Å². The van der Waals surface area contributed by atoms with Crippen LogP contribution in [0.4, 0.5) is 11.6 Å².